The molecule has 1 aliphatic carbocycles. The van der Waals surface area contributed by atoms with E-state index in [0.29, 0.717) is 17.7 Å². The van der Waals surface area contributed by atoms with Crippen molar-refractivity contribution in [2.24, 2.45) is 5.92 Å². The maximum atomic E-state index is 12.6. The van der Waals surface area contributed by atoms with Crippen molar-refractivity contribution in [2.75, 3.05) is 32.1 Å². The number of anilines is 1. The molecule has 0 radical (unpaired) electrons. The van der Waals surface area contributed by atoms with E-state index in [-0.39, 0.29) is 0 Å². The maximum absolute atomic E-state index is 12.6. The van der Waals surface area contributed by atoms with Gasteiger partial charge in [0.15, 0.2) is 0 Å². The molecule has 0 aromatic heterocycles. The van der Waals surface area contributed by atoms with Crippen LogP contribution in [-0.2, 0) is 4.79 Å². The molecule has 2 aromatic rings. The van der Waals surface area contributed by atoms with Gasteiger partial charge in [0.1, 0.15) is 0 Å². The van der Waals surface area contributed by atoms with Gasteiger partial charge in [0.2, 0.25) is 5.91 Å². The smallest absolute Gasteiger partial charge is 0.222 e. The van der Waals surface area contributed by atoms with Gasteiger partial charge in [-0.15, -0.1) is 0 Å². The number of rotatable bonds is 5. The van der Waals surface area contributed by atoms with Crippen LogP contribution in [0, 0.1) is 5.92 Å². The van der Waals surface area contributed by atoms with Crippen molar-refractivity contribution in [1.82, 2.24) is 4.90 Å². The number of hydrogen-bond donors (Lipinski definition) is 0. The van der Waals surface area contributed by atoms with Crippen molar-refractivity contribution in [3.05, 3.63) is 54.1 Å². The monoisotopic (exact) mass is 390 g/mol. The lowest BCUT2D eigenvalue weighted by Crippen LogP contribution is -2.38. The number of hydrogen-bond acceptors (Lipinski definition) is 2. The molecule has 1 heterocycles. The molecule has 4 rings (SSSR count). The van der Waals surface area contributed by atoms with Crippen LogP contribution in [0.25, 0.3) is 11.1 Å². The van der Waals surface area contributed by atoms with E-state index in [1.807, 2.05) is 0 Å². The minimum Gasteiger partial charge on any atom is -0.378 e. The minimum atomic E-state index is 0.393. The minimum absolute atomic E-state index is 0.393. The first-order valence-electron chi connectivity index (χ1n) is 11.3. The number of piperidine rings is 1. The Kier molecular flexibility index (Phi) is 6.22. The molecule has 29 heavy (non-hydrogen) atoms. The zero-order valence-electron chi connectivity index (χ0n) is 17.9. The summed E-state index contributed by atoms with van der Waals surface area (Å²) in [4.78, 5) is 16.9. The lowest BCUT2D eigenvalue weighted by atomic mass is 9.87. The summed E-state index contributed by atoms with van der Waals surface area (Å²) in [6.07, 6.45) is 8.08. The van der Waals surface area contributed by atoms with Crippen molar-refractivity contribution in [3.8, 4) is 11.1 Å². The third kappa shape index (κ3) is 4.83. The fourth-order valence-corrected chi connectivity index (χ4v) is 4.99. The standard InChI is InChI=1S/C26H34N2O/c1-27(2)25-12-6-11-24(19-25)23-10-5-9-22(18-23)21-13-15-28(16-14-21)26(29)17-20-7-3-4-8-20/h5-6,9-12,18-21H,3-4,7-8,13-17H2,1-2H3. The van der Waals surface area contributed by atoms with Crippen LogP contribution in [0.3, 0.4) is 0 Å². The molecule has 1 saturated heterocycles. The van der Waals surface area contributed by atoms with Crippen molar-refractivity contribution in [1.29, 1.82) is 0 Å². The average molecular weight is 391 g/mol. The predicted molar refractivity (Wildman–Crippen MR) is 121 cm³/mol. The van der Waals surface area contributed by atoms with E-state index in [9.17, 15) is 4.79 Å². The van der Waals surface area contributed by atoms with Gasteiger partial charge in [-0.1, -0.05) is 49.2 Å². The molecule has 0 N–H and O–H groups in total. The molecule has 154 valence electrons. The molecule has 3 nitrogen and oxygen atoms in total. The summed E-state index contributed by atoms with van der Waals surface area (Å²) >= 11 is 0. The largest absolute Gasteiger partial charge is 0.378 e. The third-order valence-corrected chi connectivity index (χ3v) is 6.84. The molecule has 0 spiro atoms. The van der Waals surface area contributed by atoms with Crippen LogP contribution in [0.1, 0.15) is 56.4 Å². The maximum Gasteiger partial charge on any atom is 0.222 e. The van der Waals surface area contributed by atoms with Crippen LogP contribution >= 0.6 is 0 Å². The highest BCUT2D eigenvalue weighted by Crippen LogP contribution is 2.33. The van der Waals surface area contributed by atoms with Crippen LogP contribution in [0.5, 0.6) is 0 Å². The average Bonchev–Trinajstić information content (AvgIpc) is 3.27. The Balaban J connectivity index is 1.39. The fourth-order valence-electron chi connectivity index (χ4n) is 4.99. The number of carbonyl (C=O) groups excluding carboxylic acids is 1. The first kappa shape index (κ1) is 20.0. The van der Waals surface area contributed by atoms with E-state index < -0.39 is 0 Å². The van der Waals surface area contributed by atoms with Crippen LogP contribution in [0.2, 0.25) is 0 Å². The van der Waals surface area contributed by atoms with Crippen LogP contribution in [0.4, 0.5) is 5.69 Å². The zero-order chi connectivity index (χ0) is 20.2. The highest BCUT2D eigenvalue weighted by atomic mass is 16.2. The molecule has 2 aliphatic rings. The Morgan fingerprint density at radius 1 is 0.931 bits per heavy atom. The Labute approximate surface area is 175 Å². The molecular weight excluding hydrogens is 356 g/mol. The molecule has 2 fully saturated rings. The molecule has 1 aliphatic heterocycles. The summed E-state index contributed by atoms with van der Waals surface area (Å²) in [6, 6.07) is 17.7. The molecule has 0 atom stereocenters. The summed E-state index contributed by atoms with van der Waals surface area (Å²) in [7, 11) is 4.16. The quantitative estimate of drug-likeness (QED) is 0.653. The van der Waals surface area contributed by atoms with E-state index in [1.165, 1.54) is 48.1 Å². The van der Waals surface area contributed by atoms with Crippen LogP contribution in [-0.4, -0.2) is 38.0 Å². The fraction of sp³-hybridized carbons (Fsp3) is 0.500. The van der Waals surface area contributed by atoms with Gasteiger partial charge in [-0.2, -0.15) is 0 Å². The summed E-state index contributed by atoms with van der Waals surface area (Å²) < 4.78 is 0. The molecular formula is C26H34N2O. The number of carbonyl (C=O) groups is 1. The lowest BCUT2D eigenvalue weighted by Gasteiger charge is -2.33. The van der Waals surface area contributed by atoms with E-state index in [2.05, 4.69) is 72.4 Å². The molecule has 0 unspecified atom stereocenters. The van der Waals surface area contributed by atoms with Crippen LogP contribution < -0.4 is 4.90 Å². The highest BCUT2D eigenvalue weighted by Gasteiger charge is 2.26. The SMILES string of the molecule is CN(C)c1cccc(-c2cccc(C3CCN(C(=O)CC4CCCC4)CC3)c2)c1. The van der Waals surface area contributed by atoms with E-state index in [0.717, 1.165) is 32.4 Å². The molecule has 1 saturated carbocycles. The molecule has 3 heteroatoms. The number of benzene rings is 2. The van der Waals surface area contributed by atoms with Gasteiger partial charge in [-0.05, 0) is 66.3 Å². The Hall–Kier alpha value is -2.29. The predicted octanol–water partition coefficient (Wildman–Crippen LogP) is 5.71. The van der Waals surface area contributed by atoms with Gasteiger partial charge in [0.05, 0.1) is 0 Å². The van der Waals surface area contributed by atoms with E-state index >= 15 is 0 Å². The first-order valence-corrected chi connectivity index (χ1v) is 11.3. The first-order chi connectivity index (χ1) is 14.1. The van der Waals surface area contributed by atoms with E-state index in [1.54, 1.807) is 0 Å². The second-order valence-corrected chi connectivity index (χ2v) is 9.08. The second kappa shape index (κ2) is 9.02. The van der Waals surface area contributed by atoms with Gasteiger partial charge in [0, 0.05) is 39.3 Å². The number of amides is 1. The molecule has 0 bridgehead atoms. The topological polar surface area (TPSA) is 23.6 Å². The summed E-state index contributed by atoms with van der Waals surface area (Å²) in [6.45, 7) is 1.83. The van der Waals surface area contributed by atoms with Gasteiger partial charge in [-0.25, -0.2) is 0 Å². The second-order valence-electron chi connectivity index (χ2n) is 9.08. The molecule has 2 aromatic carbocycles. The van der Waals surface area contributed by atoms with Crippen LogP contribution in [0.15, 0.2) is 48.5 Å². The van der Waals surface area contributed by atoms with Crippen molar-refractivity contribution < 1.29 is 4.79 Å². The van der Waals surface area contributed by atoms with Gasteiger partial charge in [-0.3, -0.25) is 4.79 Å². The summed E-state index contributed by atoms with van der Waals surface area (Å²) in [5.41, 5.74) is 5.19. The van der Waals surface area contributed by atoms with Crippen molar-refractivity contribution in [2.45, 2.75) is 50.9 Å². The van der Waals surface area contributed by atoms with Crippen molar-refractivity contribution >= 4 is 11.6 Å². The summed E-state index contributed by atoms with van der Waals surface area (Å²) in [5, 5.41) is 0. The molecule has 1 amide bonds. The Morgan fingerprint density at radius 3 is 2.28 bits per heavy atom. The zero-order valence-corrected chi connectivity index (χ0v) is 17.9. The van der Waals surface area contributed by atoms with Gasteiger partial charge < -0.3 is 9.80 Å². The summed E-state index contributed by atoms with van der Waals surface area (Å²) in [5.74, 6) is 1.60. The van der Waals surface area contributed by atoms with Gasteiger partial charge >= 0.3 is 0 Å². The number of likely N-dealkylation sites (tertiary alicyclic amines) is 1. The Bertz CT molecular complexity index is 830. The van der Waals surface area contributed by atoms with Crippen molar-refractivity contribution in [3.63, 3.8) is 0 Å². The number of nitrogens with zero attached hydrogens (tertiary/aromatic N) is 2. The Morgan fingerprint density at radius 2 is 1.59 bits per heavy atom. The highest BCUT2D eigenvalue weighted by molar-refractivity contribution is 5.76. The van der Waals surface area contributed by atoms with Gasteiger partial charge in [0.25, 0.3) is 0 Å². The normalized spacial score (nSPS) is 18.2. The van der Waals surface area contributed by atoms with E-state index in [4.69, 9.17) is 0 Å². The lowest BCUT2D eigenvalue weighted by molar-refractivity contribution is -0.133. The third-order valence-electron chi connectivity index (χ3n) is 6.84.